The molecule has 90 valence electrons. The summed E-state index contributed by atoms with van der Waals surface area (Å²) in [6.45, 7) is 5.42. The maximum atomic E-state index is 11.8. The number of ether oxygens (including phenoxy) is 1. The monoisotopic (exact) mass is 234 g/mol. The number of nitrogen functional groups attached to an aromatic ring is 1. The number of hydrogen-bond donors (Lipinski definition) is 1. The molecule has 0 atom stereocenters. The smallest absolute Gasteiger partial charge is 0.341 e. The van der Waals surface area contributed by atoms with Crippen LogP contribution in [0, 0.1) is 0 Å². The van der Waals surface area contributed by atoms with Gasteiger partial charge in [0.05, 0.1) is 17.4 Å². The number of anilines is 1. The zero-order valence-corrected chi connectivity index (χ0v) is 9.97. The van der Waals surface area contributed by atoms with E-state index in [1.165, 1.54) is 16.9 Å². The Morgan fingerprint density at radius 1 is 1.41 bits per heavy atom. The van der Waals surface area contributed by atoms with E-state index in [0.717, 1.165) is 0 Å². The lowest BCUT2D eigenvalue weighted by molar-refractivity contribution is 0.00684. The molecule has 6 heteroatoms. The van der Waals surface area contributed by atoms with Gasteiger partial charge in [0.1, 0.15) is 5.60 Å². The molecule has 0 aliphatic rings. The van der Waals surface area contributed by atoms with Crippen molar-refractivity contribution in [1.29, 1.82) is 0 Å². The second kappa shape index (κ2) is 3.73. The third-order valence-corrected chi connectivity index (χ3v) is 2.02. The highest BCUT2D eigenvalue weighted by Gasteiger charge is 2.18. The molecule has 0 spiro atoms. The predicted molar refractivity (Wildman–Crippen MR) is 62.6 cm³/mol. The number of carbonyl (C=O) groups is 1. The first-order valence-corrected chi connectivity index (χ1v) is 5.19. The number of aromatic nitrogens is 3. The van der Waals surface area contributed by atoms with Gasteiger partial charge in [-0.15, -0.1) is 0 Å². The summed E-state index contributed by atoms with van der Waals surface area (Å²) in [5, 5.41) is 3.98. The fourth-order valence-corrected chi connectivity index (χ4v) is 1.34. The van der Waals surface area contributed by atoms with E-state index in [2.05, 4.69) is 10.1 Å². The highest BCUT2D eigenvalue weighted by atomic mass is 16.6. The predicted octanol–water partition coefficient (Wildman–Crippen LogP) is 1.27. The van der Waals surface area contributed by atoms with E-state index in [0.29, 0.717) is 16.9 Å². The summed E-state index contributed by atoms with van der Waals surface area (Å²) in [6, 6.07) is 0. The highest BCUT2D eigenvalue weighted by molar-refractivity contribution is 5.89. The van der Waals surface area contributed by atoms with Crippen molar-refractivity contribution in [3.63, 3.8) is 0 Å². The molecule has 2 aromatic heterocycles. The van der Waals surface area contributed by atoms with Gasteiger partial charge in [-0.3, -0.25) is 0 Å². The summed E-state index contributed by atoms with van der Waals surface area (Å²) in [6.07, 6.45) is 4.47. The second-order valence-corrected chi connectivity index (χ2v) is 4.71. The van der Waals surface area contributed by atoms with Gasteiger partial charge in [-0.2, -0.15) is 5.10 Å². The van der Waals surface area contributed by atoms with Gasteiger partial charge in [-0.05, 0) is 20.8 Å². The summed E-state index contributed by atoms with van der Waals surface area (Å²) in [4.78, 5) is 15.8. The Balaban J connectivity index is 2.33. The van der Waals surface area contributed by atoms with Crippen molar-refractivity contribution in [2.45, 2.75) is 26.4 Å². The van der Waals surface area contributed by atoms with Crippen LogP contribution >= 0.6 is 0 Å². The van der Waals surface area contributed by atoms with Crippen LogP contribution in [0.25, 0.3) is 5.65 Å². The number of rotatable bonds is 1. The van der Waals surface area contributed by atoms with Crippen molar-refractivity contribution in [3.8, 4) is 0 Å². The van der Waals surface area contributed by atoms with Crippen molar-refractivity contribution in [3.05, 3.63) is 24.2 Å². The normalized spacial score (nSPS) is 11.7. The maximum absolute atomic E-state index is 11.8. The second-order valence-electron chi connectivity index (χ2n) is 4.71. The first-order chi connectivity index (χ1) is 7.87. The number of nitrogens with zero attached hydrogens (tertiary/aromatic N) is 3. The molecular formula is C11H14N4O2. The van der Waals surface area contributed by atoms with Crippen molar-refractivity contribution >= 4 is 17.3 Å². The third-order valence-electron chi connectivity index (χ3n) is 2.02. The molecule has 17 heavy (non-hydrogen) atoms. The number of esters is 1. The van der Waals surface area contributed by atoms with E-state index in [9.17, 15) is 4.79 Å². The summed E-state index contributed by atoms with van der Waals surface area (Å²) in [5.41, 5.74) is 6.45. The highest BCUT2D eigenvalue weighted by Crippen LogP contribution is 2.14. The Kier molecular flexibility index (Phi) is 2.49. The number of nitrogens with two attached hydrogens (primary N) is 1. The number of carbonyl (C=O) groups excluding carboxylic acids is 1. The van der Waals surface area contributed by atoms with Gasteiger partial charge < -0.3 is 10.5 Å². The standard InChI is InChI=1S/C11H14N4O2/c1-11(2,3)17-10(16)7-4-13-9-8(12)5-14-15(9)6-7/h4-6H,12H2,1-3H3. The van der Waals surface area contributed by atoms with E-state index >= 15 is 0 Å². The molecule has 2 N–H and O–H groups in total. The van der Waals surface area contributed by atoms with E-state index in [1.807, 2.05) is 20.8 Å². The zero-order valence-electron chi connectivity index (χ0n) is 9.97. The molecular weight excluding hydrogens is 220 g/mol. The Labute approximate surface area is 98.4 Å². The number of hydrogen-bond acceptors (Lipinski definition) is 5. The molecule has 6 nitrogen and oxygen atoms in total. The molecule has 2 rings (SSSR count). The summed E-state index contributed by atoms with van der Waals surface area (Å²) >= 11 is 0. The molecule has 0 aliphatic carbocycles. The van der Waals surface area contributed by atoms with Crippen molar-refractivity contribution in [1.82, 2.24) is 14.6 Å². The van der Waals surface area contributed by atoms with Gasteiger partial charge in [0.2, 0.25) is 0 Å². The van der Waals surface area contributed by atoms with Crippen LogP contribution in [0.5, 0.6) is 0 Å². The lowest BCUT2D eigenvalue weighted by Gasteiger charge is -2.19. The zero-order chi connectivity index (χ0) is 12.6. The van der Waals surface area contributed by atoms with E-state index in [1.54, 1.807) is 6.20 Å². The Hall–Kier alpha value is -2.11. The fourth-order valence-electron chi connectivity index (χ4n) is 1.34. The first-order valence-electron chi connectivity index (χ1n) is 5.19. The van der Waals surface area contributed by atoms with Crippen LogP contribution in [0.1, 0.15) is 31.1 Å². The van der Waals surface area contributed by atoms with Crippen LogP contribution in [-0.2, 0) is 4.74 Å². The maximum Gasteiger partial charge on any atom is 0.341 e. The fraction of sp³-hybridized carbons (Fsp3) is 0.364. The molecule has 0 aliphatic heterocycles. The minimum Gasteiger partial charge on any atom is -0.456 e. The third kappa shape index (κ3) is 2.35. The summed E-state index contributed by atoms with van der Waals surface area (Å²) < 4.78 is 6.68. The van der Waals surface area contributed by atoms with Crippen molar-refractivity contribution in [2.75, 3.05) is 5.73 Å². The average molecular weight is 234 g/mol. The van der Waals surface area contributed by atoms with Gasteiger partial charge in [0.15, 0.2) is 5.65 Å². The molecule has 2 heterocycles. The SMILES string of the molecule is CC(C)(C)OC(=O)c1cnc2c(N)cnn2c1. The van der Waals surface area contributed by atoms with Crippen LogP contribution in [0.2, 0.25) is 0 Å². The molecule has 0 saturated carbocycles. The van der Waals surface area contributed by atoms with Gasteiger partial charge >= 0.3 is 5.97 Å². The van der Waals surface area contributed by atoms with Gasteiger partial charge in [-0.1, -0.05) is 0 Å². The average Bonchev–Trinajstić information content (AvgIpc) is 2.57. The minimum absolute atomic E-state index is 0.343. The van der Waals surface area contributed by atoms with Gasteiger partial charge in [-0.25, -0.2) is 14.3 Å². The molecule has 0 unspecified atom stereocenters. The van der Waals surface area contributed by atoms with Crippen molar-refractivity contribution < 1.29 is 9.53 Å². The summed E-state index contributed by atoms with van der Waals surface area (Å²) in [7, 11) is 0. The van der Waals surface area contributed by atoms with Crippen LogP contribution in [-0.4, -0.2) is 26.2 Å². The van der Waals surface area contributed by atoms with E-state index in [4.69, 9.17) is 10.5 Å². The molecule has 0 aromatic carbocycles. The summed E-state index contributed by atoms with van der Waals surface area (Å²) in [5.74, 6) is -0.430. The van der Waals surface area contributed by atoms with E-state index < -0.39 is 11.6 Å². The van der Waals surface area contributed by atoms with Crippen molar-refractivity contribution in [2.24, 2.45) is 0 Å². The molecule has 0 amide bonds. The van der Waals surface area contributed by atoms with Gasteiger partial charge in [0.25, 0.3) is 0 Å². The van der Waals surface area contributed by atoms with Crippen LogP contribution in [0.4, 0.5) is 5.69 Å². The lowest BCUT2D eigenvalue weighted by atomic mass is 10.2. The van der Waals surface area contributed by atoms with E-state index in [-0.39, 0.29) is 0 Å². The van der Waals surface area contributed by atoms with Crippen LogP contribution in [0.3, 0.4) is 0 Å². The Bertz CT molecular complexity index is 568. The Morgan fingerprint density at radius 3 is 2.76 bits per heavy atom. The Morgan fingerprint density at radius 2 is 2.12 bits per heavy atom. The molecule has 0 radical (unpaired) electrons. The van der Waals surface area contributed by atoms with Crippen LogP contribution < -0.4 is 5.73 Å². The molecule has 2 aromatic rings. The lowest BCUT2D eigenvalue weighted by Crippen LogP contribution is -2.24. The number of fused-ring (bicyclic) bond motifs is 1. The molecule has 0 saturated heterocycles. The largest absolute Gasteiger partial charge is 0.456 e. The quantitative estimate of drug-likeness (QED) is 0.751. The first kappa shape index (κ1) is 11.4. The topological polar surface area (TPSA) is 82.5 Å². The minimum atomic E-state index is -0.533. The van der Waals surface area contributed by atoms with Gasteiger partial charge in [0, 0.05) is 12.4 Å². The molecule has 0 fully saturated rings. The van der Waals surface area contributed by atoms with Crippen LogP contribution in [0.15, 0.2) is 18.6 Å². The molecule has 0 bridgehead atoms.